The molecule has 0 saturated heterocycles. The lowest BCUT2D eigenvalue weighted by atomic mass is 10.2. The van der Waals surface area contributed by atoms with E-state index in [4.69, 9.17) is 22.1 Å². The number of nitrogen functional groups attached to an aromatic ring is 1. The summed E-state index contributed by atoms with van der Waals surface area (Å²) in [7, 11) is 0. The van der Waals surface area contributed by atoms with Crippen molar-refractivity contribution in [3.63, 3.8) is 0 Å². The molecule has 4 nitrogen and oxygen atoms in total. The van der Waals surface area contributed by atoms with Crippen LogP contribution in [-0.2, 0) is 0 Å². The number of benzene rings is 1. The minimum atomic E-state index is 0.382. The number of hydrogen-bond acceptors (Lipinski definition) is 4. The third-order valence-electron chi connectivity index (χ3n) is 2.20. The van der Waals surface area contributed by atoms with Crippen LogP contribution in [0.3, 0.4) is 0 Å². The van der Waals surface area contributed by atoms with Crippen molar-refractivity contribution in [3.8, 4) is 11.6 Å². The zero-order chi connectivity index (χ0) is 12.4. The first-order chi connectivity index (χ1) is 8.04. The molecule has 0 aliphatic rings. The molecule has 0 aliphatic carbocycles. The first-order valence-corrected chi connectivity index (χ1v) is 5.47. The summed E-state index contributed by atoms with van der Waals surface area (Å²) < 4.78 is 5.64. The summed E-state index contributed by atoms with van der Waals surface area (Å²) >= 11 is 5.91. The van der Waals surface area contributed by atoms with Crippen LogP contribution in [0.2, 0.25) is 5.02 Å². The summed E-state index contributed by atoms with van der Waals surface area (Å²) in [5.74, 6) is 2.03. The first-order valence-electron chi connectivity index (χ1n) is 5.10. The minimum Gasteiger partial charge on any atom is -0.439 e. The molecule has 0 fully saturated rings. The standard InChI is InChI=1S/C12H12ClN3O/c1-7-3-4-9(13)5-10(7)17-12-6-11(14)15-8(2)16-12/h3-6H,1-2H3,(H2,14,15,16). The van der Waals surface area contributed by atoms with Gasteiger partial charge in [-0.25, -0.2) is 4.98 Å². The number of nitrogens with zero attached hydrogens (tertiary/aromatic N) is 2. The Morgan fingerprint density at radius 1 is 1.18 bits per heavy atom. The molecule has 1 aromatic carbocycles. The Morgan fingerprint density at radius 3 is 2.65 bits per heavy atom. The summed E-state index contributed by atoms with van der Waals surface area (Å²) in [5.41, 5.74) is 6.60. The molecule has 0 unspecified atom stereocenters. The molecule has 0 radical (unpaired) electrons. The van der Waals surface area contributed by atoms with E-state index in [0.717, 1.165) is 5.56 Å². The zero-order valence-electron chi connectivity index (χ0n) is 9.57. The molecule has 0 bridgehead atoms. The summed E-state index contributed by atoms with van der Waals surface area (Å²) in [6.07, 6.45) is 0. The summed E-state index contributed by atoms with van der Waals surface area (Å²) in [5, 5.41) is 0.615. The number of hydrogen-bond donors (Lipinski definition) is 1. The highest BCUT2D eigenvalue weighted by atomic mass is 35.5. The molecule has 2 rings (SSSR count). The molecule has 1 heterocycles. The van der Waals surface area contributed by atoms with Crippen molar-refractivity contribution in [1.29, 1.82) is 0 Å². The van der Waals surface area contributed by atoms with Gasteiger partial charge in [0.2, 0.25) is 5.88 Å². The summed E-state index contributed by atoms with van der Waals surface area (Å²) in [6.45, 7) is 3.69. The Bertz CT molecular complexity index is 537. The fourth-order valence-corrected chi connectivity index (χ4v) is 1.57. The number of halogens is 1. The van der Waals surface area contributed by atoms with Gasteiger partial charge in [-0.3, -0.25) is 0 Å². The predicted octanol–water partition coefficient (Wildman–Crippen LogP) is 3.12. The maximum absolute atomic E-state index is 5.91. The normalized spacial score (nSPS) is 10.3. The number of anilines is 1. The molecule has 2 N–H and O–H groups in total. The van der Waals surface area contributed by atoms with Crippen LogP contribution >= 0.6 is 11.6 Å². The van der Waals surface area contributed by atoms with Crippen LogP contribution < -0.4 is 10.5 Å². The van der Waals surface area contributed by atoms with E-state index in [-0.39, 0.29) is 0 Å². The molecule has 0 spiro atoms. The van der Waals surface area contributed by atoms with Crippen LogP contribution in [0.25, 0.3) is 0 Å². The van der Waals surface area contributed by atoms with E-state index in [9.17, 15) is 0 Å². The highest BCUT2D eigenvalue weighted by Crippen LogP contribution is 2.27. The number of nitrogens with two attached hydrogens (primary N) is 1. The molecule has 1 aromatic heterocycles. The molecular formula is C12H12ClN3O. The second kappa shape index (κ2) is 4.59. The number of rotatable bonds is 2. The van der Waals surface area contributed by atoms with Crippen molar-refractivity contribution in [2.75, 3.05) is 5.73 Å². The van der Waals surface area contributed by atoms with Gasteiger partial charge >= 0.3 is 0 Å². The Morgan fingerprint density at radius 2 is 1.94 bits per heavy atom. The molecule has 0 saturated carbocycles. The highest BCUT2D eigenvalue weighted by Gasteiger charge is 2.05. The van der Waals surface area contributed by atoms with Crippen LogP contribution in [0.5, 0.6) is 11.6 Å². The topological polar surface area (TPSA) is 61.0 Å². The van der Waals surface area contributed by atoms with Crippen LogP contribution in [-0.4, -0.2) is 9.97 Å². The number of aryl methyl sites for hydroxylation is 2. The Balaban J connectivity index is 2.34. The SMILES string of the molecule is Cc1nc(N)cc(Oc2cc(Cl)ccc2C)n1. The van der Waals surface area contributed by atoms with Crippen molar-refractivity contribution in [1.82, 2.24) is 9.97 Å². The lowest BCUT2D eigenvalue weighted by Gasteiger charge is -2.08. The van der Waals surface area contributed by atoms with E-state index in [1.807, 2.05) is 19.1 Å². The van der Waals surface area contributed by atoms with E-state index in [2.05, 4.69) is 9.97 Å². The average Bonchev–Trinajstić information content (AvgIpc) is 2.22. The zero-order valence-corrected chi connectivity index (χ0v) is 10.3. The fraction of sp³-hybridized carbons (Fsp3) is 0.167. The van der Waals surface area contributed by atoms with Gasteiger partial charge in [0.25, 0.3) is 0 Å². The molecule has 0 atom stereocenters. The number of ether oxygens (including phenoxy) is 1. The second-order valence-corrected chi connectivity index (χ2v) is 4.13. The molecule has 0 amide bonds. The average molecular weight is 250 g/mol. The quantitative estimate of drug-likeness (QED) is 0.888. The first kappa shape index (κ1) is 11.7. The molecule has 2 aromatic rings. The molecule has 5 heteroatoms. The fourth-order valence-electron chi connectivity index (χ4n) is 1.41. The molecule has 0 aliphatic heterocycles. The van der Waals surface area contributed by atoms with E-state index in [0.29, 0.717) is 28.3 Å². The number of aromatic nitrogens is 2. The second-order valence-electron chi connectivity index (χ2n) is 3.69. The van der Waals surface area contributed by atoms with Gasteiger partial charge in [0.05, 0.1) is 0 Å². The molecule has 17 heavy (non-hydrogen) atoms. The van der Waals surface area contributed by atoms with Crippen molar-refractivity contribution < 1.29 is 4.74 Å². The summed E-state index contributed by atoms with van der Waals surface area (Å²) in [4.78, 5) is 8.12. The van der Waals surface area contributed by atoms with Gasteiger partial charge in [0.15, 0.2) is 0 Å². The third-order valence-corrected chi connectivity index (χ3v) is 2.43. The van der Waals surface area contributed by atoms with Crippen LogP contribution in [0, 0.1) is 13.8 Å². The minimum absolute atomic E-state index is 0.382. The Hall–Kier alpha value is -1.81. The van der Waals surface area contributed by atoms with Gasteiger partial charge in [0.1, 0.15) is 17.4 Å². The maximum Gasteiger partial charge on any atom is 0.224 e. The van der Waals surface area contributed by atoms with Gasteiger partial charge in [-0.05, 0) is 31.5 Å². The Kier molecular flexibility index (Phi) is 3.15. The summed E-state index contributed by atoms with van der Waals surface area (Å²) in [6, 6.07) is 7.01. The molecular weight excluding hydrogens is 238 g/mol. The Labute approximate surface area is 104 Å². The maximum atomic E-state index is 5.91. The van der Waals surface area contributed by atoms with Gasteiger partial charge in [-0.2, -0.15) is 4.98 Å². The van der Waals surface area contributed by atoms with Crippen LogP contribution in [0.1, 0.15) is 11.4 Å². The van der Waals surface area contributed by atoms with E-state index >= 15 is 0 Å². The van der Waals surface area contributed by atoms with Crippen molar-refractivity contribution >= 4 is 17.4 Å². The largest absolute Gasteiger partial charge is 0.439 e. The van der Waals surface area contributed by atoms with Crippen molar-refractivity contribution in [3.05, 3.63) is 40.7 Å². The van der Waals surface area contributed by atoms with E-state index < -0.39 is 0 Å². The van der Waals surface area contributed by atoms with Gasteiger partial charge in [-0.1, -0.05) is 17.7 Å². The predicted molar refractivity (Wildman–Crippen MR) is 67.4 cm³/mol. The van der Waals surface area contributed by atoms with Crippen LogP contribution in [0.15, 0.2) is 24.3 Å². The highest BCUT2D eigenvalue weighted by molar-refractivity contribution is 6.30. The van der Waals surface area contributed by atoms with Gasteiger partial charge in [0, 0.05) is 11.1 Å². The third kappa shape index (κ3) is 2.85. The molecule has 88 valence electrons. The lowest BCUT2D eigenvalue weighted by molar-refractivity contribution is 0.457. The van der Waals surface area contributed by atoms with E-state index in [1.165, 1.54) is 0 Å². The van der Waals surface area contributed by atoms with Crippen molar-refractivity contribution in [2.45, 2.75) is 13.8 Å². The van der Waals surface area contributed by atoms with Gasteiger partial charge in [-0.15, -0.1) is 0 Å². The van der Waals surface area contributed by atoms with Crippen LogP contribution in [0.4, 0.5) is 5.82 Å². The lowest BCUT2D eigenvalue weighted by Crippen LogP contribution is -1.98. The van der Waals surface area contributed by atoms with Gasteiger partial charge < -0.3 is 10.5 Å². The van der Waals surface area contributed by atoms with Crippen molar-refractivity contribution in [2.24, 2.45) is 0 Å². The monoisotopic (exact) mass is 249 g/mol. The van der Waals surface area contributed by atoms with E-state index in [1.54, 1.807) is 19.1 Å². The smallest absolute Gasteiger partial charge is 0.224 e.